The smallest absolute Gasteiger partial charge is 0.323 e. The summed E-state index contributed by atoms with van der Waals surface area (Å²) in [5, 5.41) is 9.42. The minimum absolute atomic E-state index is 0.0392. The third-order valence-corrected chi connectivity index (χ3v) is 8.06. The molecule has 1 atom stereocenters. The molecule has 5 rings (SSSR count). The highest BCUT2D eigenvalue weighted by molar-refractivity contribution is 6.36. The average molecular weight is 582 g/mol. The maximum absolute atomic E-state index is 13.4. The van der Waals surface area contributed by atoms with Crippen LogP contribution in [-0.4, -0.2) is 44.3 Å². The fourth-order valence-electron chi connectivity index (χ4n) is 5.38. The number of carbonyl (C=O) groups excluding carboxylic acids is 2. The lowest BCUT2D eigenvalue weighted by Gasteiger charge is -2.35. The van der Waals surface area contributed by atoms with Gasteiger partial charge in [0.1, 0.15) is 0 Å². The molecule has 2 fully saturated rings. The third kappa shape index (κ3) is 7.47. The Kier molecular flexibility index (Phi) is 9.47. The molecule has 3 aromatic rings. The van der Waals surface area contributed by atoms with Gasteiger partial charge in [-0.25, -0.2) is 4.79 Å². The van der Waals surface area contributed by atoms with Crippen LogP contribution in [0.2, 0.25) is 10.0 Å². The molecule has 0 aliphatic carbocycles. The number of piperidine rings is 1. The molecule has 2 heterocycles. The van der Waals surface area contributed by atoms with Crippen LogP contribution < -0.4 is 20.9 Å². The summed E-state index contributed by atoms with van der Waals surface area (Å²) in [5.74, 6) is 0.432. The quantitative estimate of drug-likeness (QED) is 0.268. The summed E-state index contributed by atoms with van der Waals surface area (Å²) in [5.41, 5.74) is 3.71. The summed E-state index contributed by atoms with van der Waals surface area (Å²) in [4.78, 5) is 28.4. The number of amides is 3. The number of hydrogen-bond donors (Lipinski definition) is 3. The van der Waals surface area contributed by atoms with Crippen molar-refractivity contribution in [3.8, 4) is 0 Å². The van der Waals surface area contributed by atoms with Gasteiger partial charge in [-0.1, -0.05) is 53.5 Å². The Morgan fingerprint density at radius 1 is 0.925 bits per heavy atom. The Morgan fingerprint density at radius 2 is 1.73 bits per heavy atom. The summed E-state index contributed by atoms with van der Waals surface area (Å²) in [6.07, 6.45) is 5.16. The van der Waals surface area contributed by atoms with E-state index in [2.05, 4.69) is 45.1 Å². The summed E-state index contributed by atoms with van der Waals surface area (Å²) < 4.78 is 5.69. The van der Waals surface area contributed by atoms with Crippen molar-refractivity contribution in [1.29, 1.82) is 0 Å². The minimum atomic E-state index is -0.468. The number of halogens is 2. The molecule has 2 aliphatic heterocycles. The zero-order chi connectivity index (χ0) is 27.9. The van der Waals surface area contributed by atoms with Crippen LogP contribution in [0.4, 0.5) is 21.9 Å². The number of nitrogens with one attached hydrogen (secondary N) is 3. The van der Waals surface area contributed by atoms with Gasteiger partial charge in [-0.3, -0.25) is 4.79 Å². The normalized spacial score (nSPS) is 17.4. The van der Waals surface area contributed by atoms with Crippen molar-refractivity contribution >= 4 is 52.2 Å². The van der Waals surface area contributed by atoms with E-state index in [-0.39, 0.29) is 12.0 Å². The molecule has 0 spiro atoms. The van der Waals surface area contributed by atoms with Gasteiger partial charge in [-0.2, -0.15) is 0 Å². The SMILES string of the molecule is O=C(Nc1ccc(N2CCC(Cc3ccccc3)CC2)c(C(=O)NC[C@@H]2CCCO2)c1)Nc1ccc(Cl)cc1Cl. The summed E-state index contributed by atoms with van der Waals surface area (Å²) in [7, 11) is 0. The van der Waals surface area contributed by atoms with Gasteiger partial charge in [0.2, 0.25) is 0 Å². The standard InChI is InChI=1S/C31H34Cl2N4O3/c32-23-8-10-28(27(33)18-23)36-31(39)35-24-9-11-29(26(19-24)30(38)34-20-25-7-4-16-40-25)37-14-12-22(13-15-37)17-21-5-2-1-3-6-21/h1-3,5-6,8-11,18-19,22,25H,4,7,12-17,20H2,(H,34,38)(H2,35,36,39)/t25-/m0/s1. The molecule has 210 valence electrons. The van der Waals surface area contributed by atoms with E-state index in [0.717, 1.165) is 57.5 Å². The van der Waals surface area contributed by atoms with E-state index < -0.39 is 6.03 Å². The van der Waals surface area contributed by atoms with E-state index in [1.54, 1.807) is 24.3 Å². The second-order valence-corrected chi connectivity index (χ2v) is 11.2. The lowest BCUT2D eigenvalue weighted by molar-refractivity contribution is 0.0858. The fraction of sp³-hybridized carbons (Fsp3) is 0.355. The topological polar surface area (TPSA) is 82.7 Å². The summed E-state index contributed by atoms with van der Waals surface area (Å²) >= 11 is 12.2. The van der Waals surface area contributed by atoms with E-state index >= 15 is 0 Å². The molecule has 9 heteroatoms. The predicted molar refractivity (Wildman–Crippen MR) is 162 cm³/mol. The zero-order valence-electron chi connectivity index (χ0n) is 22.3. The summed E-state index contributed by atoms with van der Waals surface area (Å²) in [6, 6.07) is 20.5. The number of rotatable bonds is 8. The second kappa shape index (κ2) is 13.4. The van der Waals surface area contributed by atoms with Crippen molar-refractivity contribution in [1.82, 2.24) is 5.32 Å². The second-order valence-electron chi connectivity index (χ2n) is 10.4. The van der Waals surface area contributed by atoms with E-state index in [1.165, 1.54) is 5.56 Å². The Bertz CT molecular complexity index is 1320. The van der Waals surface area contributed by atoms with Crippen molar-refractivity contribution in [3.63, 3.8) is 0 Å². The van der Waals surface area contributed by atoms with Crippen molar-refractivity contribution < 1.29 is 14.3 Å². The Morgan fingerprint density at radius 3 is 2.45 bits per heavy atom. The number of hydrogen-bond acceptors (Lipinski definition) is 4. The molecular formula is C31H34Cl2N4O3. The first kappa shape index (κ1) is 28.3. The molecule has 7 nitrogen and oxygen atoms in total. The lowest BCUT2D eigenvalue weighted by Crippen LogP contribution is -2.37. The van der Waals surface area contributed by atoms with E-state index in [1.807, 2.05) is 18.2 Å². The van der Waals surface area contributed by atoms with Crippen LogP contribution in [0.5, 0.6) is 0 Å². The Hall–Kier alpha value is -3.26. The highest BCUT2D eigenvalue weighted by atomic mass is 35.5. The molecule has 40 heavy (non-hydrogen) atoms. The van der Waals surface area contributed by atoms with Crippen molar-refractivity contribution in [2.45, 2.75) is 38.2 Å². The van der Waals surface area contributed by atoms with Gasteiger partial charge in [0.15, 0.2) is 0 Å². The molecule has 0 bridgehead atoms. The average Bonchev–Trinajstić information content (AvgIpc) is 3.48. The van der Waals surface area contributed by atoms with E-state index in [0.29, 0.717) is 39.4 Å². The lowest BCUT2D eigenvalue weighted by atomic mass is 9.89. The minimum Gasteiger partial charge on any atom is -0.376 e. The molecule has 3 amide bonds. The summed E-state index contributed by atoms with van der Waals surface area (Å²) in [6.45, 7) is 2.93. The highest BCUT2D eigenvalue weighted by Crippen LogP contribution is 2.31. The van der Waals surface area contributed by atoms with Crippen LogP contribution in [0.15, 0.2) is 66.7 Å². The zero-order valence-corrected chi connectivity index (χ0v) is 23.8. The van der Waals surface area contributed by atoms with Gasteiger partial charge in [0, 0.05) is 42.6 Å². The first-order valence-corrected chi connectivity index (χ1v) is 14.6. The highest BCUT2D eigenvalue weighted by Gasteiger charge is 2.25. The fourth-order valence-corrected chi connectivity index (χ4v) is 5.84. The molecule has 0 unspecified atom stereocenters. The monoisotopic (exact) mass is 580 g/mol. The van der Waals surface area contributed by atoms with Gasteiger partial charge in [-0.05, 0) is 80.0 Å². The van der Waals surface area contributed by atoms with Crippen molar-refractivity contribution in [3.05, 3.63) is 87.9 Å². The number of carbonyl (C=O) groups is 2. The maximum Gasteiger partial charge on any atom is 0.323 e. The largest absolute Gasteiger partial charge is 0.376 e. The predicted octanol–water partition coefficient (Wildman–Crippen LogP) is 7.01. The first-order valence-electron chi connectivity index (χ1n) is 13.8. The number of urea groups is 1. The van der Waals surface area contributed by atoms with Crippen LogP contribution in [0.3, 0.4) is 0 Å². The maximum atomic E-state index is 13.4. The van der Waals surface area contributed by atoms with Gasteiger partial charge >= 0.3 is 6.03 Å². The van der Waals surface area contributed by atoms with E-state index in [4.69, 9.17) is 27.9 Å². The van der Waals surface area contributed by atoms with Crippen molar-refractivity contribution in [2.75, 3.05) is 41.8 Å². The number of benzene rings is 3. The molecular weight excluding hydrogens is 547 g/mol. The number of ether oxygens (including phenoxy) is 1. The van der Waals surface area contributed by atoms with Crippen LogP contribution in [0, 0.1) is 5.92 Å². The molecule has 2 saturated heterocycles. The Balaban J connectivity index is 1.28. The van der Waals surface area contributed by atoms with Crippen molar-refractivity contribution in [2.24, 2.45) is 5.92 Å². The molecule has 2 aliphatic rings. The van der Waals surface area contributed by atoms with Gasteiger partial charge < -0.3 is 25.6 Å². The molecule has 0 saturated carbocycles. The Labute approximate surface area is 245 Å². The molecule has 3 aromatic carbocycles. The third-order valence-electron chi connectivity index (χ3n) is 7.52. The van der Waals surface area contributed by atoms with E-state index in [9.17, 15) is 9.59 Å². The number of nitrogens with zero attached hydrogens (tertiary/aromatic N) is 1. The van der Waals surface area contributed by atoms with Crippen LogP contribution in [-0.2, 0) is 11.2 Å². The molecule has 0 aromatic heterocycles. The first-order chi connectivity index (χ1) is 19.4. The molecule has 3 N–H and O–H groups in total. The van der Waals surface area contributed by atoms with Crippen LogP contribution >= 0.6 is 23.2 Å². The molecule has 0 radical (unpaired) electrons. The van der Waals surface area contributed by atoms with Gasteiger partial charge in [-0.15, -0.1) is 0 Å². The van der Waals surface area contributed by atoms with Crippen LogP contribution in [0.1, 0.15) is 41.6 Å². The number of anilines is 3. The van der Waals surface area contributed by atoms with Gasteiger partial charge in [0.25, 0.3) is 5.91 Å². The van der Waals surface area contributed by atoms with Gasteiger partial charge in [0.05, 0.1) is 22.4 Å². The van der Waals surface area contributed by atoms with Crippen LogP contribution in [0.25, 0.3) is 0 Å².